The monoisotopic (exact) mass is 218 g/mol. The third kappa shape index (κ3) is 2.78. The summed E-state index contributed by atoms with van der Waals surface area (Å²) in [6.07, 6.45) is 2.07. The van der Waals surface area contributed by atoms with Crippen LogP contribution >= 0.6 is 0 Å². The molecule has 4 heteroatoms. The second-order valence-electron chi connectivity index (χ2n) is 4.33. The predicted molar refractivity (Wildman–Crippen MR) is 61.2 cm³/mol. The summed E-state index contributed by atoms with van der Waals surface area (Å²) in [4.78, 5) is 0. The fourth-order valence-electron chi connectivity index (χ4n) is 1.91. The smallest absolute Gasteiger partial charge is 0.0968 e. The highest BCUT2D eigenvalue weighted by Crippen LogP contribution is 2.20. The Hall–Kier alpha value is 0.0700. The zero-order valence-electron chi connectivity index (χ0n) is 9.40. The van der Waals surface area contributed by atoms with Crippen LogP contribution in [0.3, 0.4) is 0 Å². The molecule has 1 rings (SSSR count). The molecular weight excluding hydrogens is 196 g/mol. The van der Waals surface area contributed by atoms with Gasteiger partial charge in [0.2, 0.25) is 0 Å². The summed E-state index contributed by atoms with van der Waals surface area (Å²) < 4.78 is 13.9. The van der Waals surface area contributed by atoms with Gasteiger partial charge in [0.25, 0.3) is 0 Å². The van der Waals surface area contributed by atoms with Crippen LogP contribution in [0.15, 0.2) is 0 Å². The van der Waals surface area contributed by atoms with Crippen molar-refractivity contribution >= 4 is 11.0 Å². The van der Waals surface area contributed by atoms with Gasteiger partial charge in [-0.1, -0.05) is 13.3 Å². The average Bonchev–Trinajstić information content (AvgIpc) is 2.17. The Morgan fingerprint density at radius 3 is 2.71 bits per heavy atom. The van der Waals surface area contributed by atoms with E-state index >= 15 is 0 Å². The van der Waals surface area contributed by atoms with Gasteiger partial charge in [0.1, 0.15) is 0 Å². The summed E-state index contributed by atoms with van der Waals surface area (Å²) in [6.45, 7) is 7.97. The molecule has 0 aromatic heterocycles. The van der Waals surface area contributed by atoms with Gasteiger partial charge in [-0.3, -0.25) is 0 Å². The van der Waals surface area contributed by atoms with Crippen LogP contribution in [0.1, 0.15) is 33.6 Å². The summed E-state index contributed by atoms with van der Waals surface area (Å²) in [5.41, 5.74) is 6.00. The molecule has 3 atom stereocenters. The van der Waals surface area contributed by atoms with E-state index in [2.05, 4.69) is 11.2 Å². The Morgan fingerprint density at radius 2 is 2.21 bits per heavy atom. The molecule has 1 aliphatic rings. The first-order chi connectivity index (χ1) is 6.56. The van der Waals surface area contributed by atoms with Crippen LogP contribution in [-0.2, 0) is 11.0 Å². The van der Waals surface area contributed by atoms with E-state index < -0.39 is 11.0 Å². The Bertz CT molecular complexity index is 208. The van der Waals surface area contributed by atoms with Crippen LogP contribution in [0, 0.1) is 5.92 Å². The maximum Gasteiger partial charge on any atom is 0.0968 e. The van der Waals surface area contributed by atoms with Gasteiger partial charge >= 0.3 is 0 Å². The first-order valence-electron chi connectivity index (χ1n) is 5.47. The maximum atomic E-state index is 11.9. The van der Waals surface area contributed by atoms with Gasteiger partial charge in [0.05, 0.1) is 11.0 Å². The SMILES string of the molecule is CCC1CN(S(=O)C(C)C)CCC1N. The van der Waals surface area contributed by atoms with E-state index in [4.69, 9.17) is 5.73 Å². The topological polar surface area (TPSA) is 46.3 Å². The first-order valence-corrected chi connectivity index (χ1v) is 6.64. The number of piperidine rings is 1. The Kier molecular flexibility index (Phi) is 4.54. The molecule has 1 saturated heterocycles. The van der Waals surface area contributed by atoms with E-state index in [9.17, 15) is 4.21 Å². The summed E-state index contributed by atoms with van der Waals surface area (Å²) in [7, 11) is -0.818. The molecule has 0 radical (unpaired) electrons. The van der Waals surface area contributed by atoms with E-state index in [1.165, 1.54) is 0 Å². The third-order valence-corrected chi connectivity index (χ3v) is 4.58. The van der Waals surface area contributed by atoms with Gasteiger partial charge < -0.3 is 5.73 Å². The van der Waals surface area contributed by atoms with Crippen molar-refractivity contribution in [1.29, 1.82) is 0 Å². The van der Waals surface area contributed by atoms with Crippen LogP contribution in [-0.4, -0.2) is 32.9 Å². The number of rotatable bonds is 3. The Balaban J connectivity index is 2.54. The minimum Gasteiger partial charge on any atom is -0.327 e. The van der Waals surface area contributed by atoms with Gasteiger partial charge in [-0.05, 0) is 26.2 Å². The lowest BCUT2D eigenvalue weighted by atomic mass is 9.92. The van der Waals surface area contributed by atoms with Crippen molar-refractivity contribution in [2.24, 2.45) is 11.7 Å². The molecule has 0 saturated carbocycles. The van der Waals surface area contributed by atoms with E-state index in [0.29, 0.717) is 12.0 Å². The van der Waals surface area contributed by atoms with E-state index in [-0.39, 0.29) is 5.25 Å². The molecule has 0 bridgehead atoms. The van der Waals surface area contributed by atoms with Crippen LogP contribution < -0.4 is 5.73 Å². The number of hydrogen-bond donors (Lipinski definition) is 1. The lowest BCUT2D eigenvalue weighted by Crippen LogP contribution is -2.48. The summed E-state index contributed by atoms with van der Waals surface area (Å²) in [5, 5.41) is 0.224. The number of nitrogens with zero attached hydrogens (tertiary/aromatic N) is 1. The second-order valence-corrected chi connectivity index (χ2v) is 6.35. The fourth-order valence-corrected chi connectivity index (χ4v) is 3.13. The largest absolute Gasteiger partial charge is 0.327 e. The molecule has 1 fully saturated rings. The molecule has 3 unspecified atom stereocenters. The minimum absolute atomic E-state index is 0.224. The highest BCUT2D eigenvalue weighted by atomic mass is 32.2. The molecule has 1 heterocycles. The summed E-state index contributed by atoms with van der Waals surface area (Å²) in [5.74, 6) is 0.520. The molecule has 14 heavy (non-hydrogen) atoms. The fraction of sp³-hybridized carbons (Fsp3) is 1.00. The molecule has 0 aromatic rings. The highest BCUT2D eigenvalue weighted by molar-refractivity contribution is 7.83. The molecule has 0 amide bonds. The molecule has 2 N–H and O–H groups in total. The summed E-state index contributed by atoms with van der Waals surface area (Å²) in [6, 6.07) is 0.306. The molecule has 0 aliphatic carbocycles. The number of hydrogen-bond acceptors (Lipinski definition) is 2. The van der Waals surface area contributed by atoms with Gasteiger partial charge in [-0.2, -0.15) is 0 Å². The summed E-state index contributed by atoms with van der Waals surface area (Å²) >= 11 is 0. The second kappa shape index (κ2) is 5.24. The molecule has 1 aliphatic heterocycles. The van der Waals surface area contributed by atoms with Crippen LogP contribution in [0.2, 0.25) is 0 Å². The van der Waals surface area contributed by atoms with E-state index in [1.807, 2.05) is 13.8 Å². The van der Waals surface area contributed by atoms with Gasteiger partial charge in [-0.25, -0.2) is 8.51 Å². The molecule has 84 valence electrons. The maximum absolute atomic E-state index is 11.9. The van der Waals surface area contributed by atoms with Crippen molar-refractivity contribution in [2.75, 3.05) is 13.1 Å². The van der Waals surface area contributed by atoms with Crippen LogP contribution in [0.25, 0.3) is 0 Å². The lowest BCUT2D eigenvalue weighted by Gasteiger charge is -2.36. The third-order valence-electron chi connectivity index (χ3n) is 2.94. The number of nitrogens with two attached hydrogens (primary N) is 1. The van der Waals surface area contributed by atoms with Crippen molar-refractivity contribution < 1.29 is 4.21 Å². The van der Waals surface area contributed by atoms with Crippen molar-refractivity contribution in [3.63, 3.8) is 0 Å². The normalized spacial score (nSPS) is 32.1. The zero-order chi connectivity index (χ0) is 10.7. The van der Waals surface area contributed by atoms with E-state index in [1.54, 1.807) is 0 Å². The van der Waals surface area contributed by atoms with Crippen molar-refractivity contribution in [2.45, 2.75) is 44.9 Å². The molecular formula is C10H22N2OS. The average molecular weight is 218 g/mol. The van der Waals surface area contributed by atoms with Crippen molar-refractivity contribution in [1.82, 2.24) is 4.31 Å². The lowest BCUT2D eigenvalue weighted by molar-refractivity contribution is 0.237. The standard InChI is InChI=1S/C10H22N2OS/c1-4-9-7-12(6-5-10(9)11)14(13)8(2)3/h8-10H,4-7,11H2,1-3H3. The van der Waals surface area contributed by atoms with Crippen LogP contribution in [0.5, 0.6) is 0 Å². The molecule has 0 spiro atoms. The van der Waals surface area contributed by atoms with Gasteiger partial charge in [-0.15, -0.1) is 0 Å². The highest BCUT2D eigenvalue weighted by Gasteiger charge is 2.28. The Morgan fingerprint density at radius 1 is 1.57 bits per heavy atom. The van der Waals surface area contributed by atoms with Crippen molar-refractivity contribution in [3.05, 3.63) is 0 Å². The van der Waals surface area contributed by atoms with Crippen molar-refractivity contribution in [3.8, 4) is 0 Å². The quantitative estimate of drug-likeness (QED) is 0.771. The predicted octanol–water partition coefficient (Wildman–Crippen LogP) is 1.12. The van der Waals surface area contributed by atoms with Crippen LogP contribution in [0.4, 0.5) is 0 Å². The van der Waals surface area contributed by atoms with Gasteiger partial charge in [0, 0.05) is 24.4 Å². The molecule has 0 aromatic carbocycles. The van der Waals surface area contributed by atoms with Gasteiger partial charge in [0.15, 0.2) is 0 Å². The minimum atomic E-state index is -0.818. The Labute approximate surface area is 89.6 Å². The molecule has 3 nitrogen and oxygen atoms in total. The first kappa shape index (κ1) is 12.1. The zero-order valence-corrected chi connectivity index (χ0v) is 10.2. The van der Waals surface area contributed by atoms with E-state index in [0.717, 1.165) is 25.9 Å².